The predicted octanol–water partition coefficient (Wildman–Crippen LogP) is 3.53. The van der Waals surface area contributed by atoms with Gasteiger partial charge in [0.1, 0.15) is 23.1 Å². The average Bonchev–Trinajstić information content (AvgIpc) is 2.28. The van der Waals surface area contributed by atoms with Crippen LogP contribution in [-0.2, 0) is 0 Å². The fourth-order valence-corrected chi connectivity index (χ4v) is 1.93. The molecule has 0 saturated carbocycles. The number of aromatic hydroxyl groups is 2. The summed E-state index contributed by atoms with van der Waals surface area (Å²) in [7, 11) is 0. The van der Waals surface area contributed by atoms with Crippen molar-refractivity contribution in [2.24, 2.45) is 0 Å². The Bertz CT molecular complexity index is 531. The highest BCUT2D eigenvalue weighted by Crippen LogP contribution is 2.35. The highest BCUT2D eigenvalue weighted by Gasteiger charge is 2.16. The van der Waals surface area contributed by atoms with Gasteiger partial charge in [0.25, 0.3) is 0 Å². The molecule has 0 aliphatic rings. The fourth-order valence-electron chi connectivity index (χ4n) is 1.93. The van der Waals surface area contributed by atoms with Crippen molar-refractivity contribution in [3.05, 3.63) is 59.2 Å². The van der Waals surface area contributed by atoms with Gasteiger partial charge in [-0.3, -0.25) is 0 Å². The van der Waals surface area contributed by atoms with Crippen molar-refractivity contribution in [1.29, 1.82) is 0 Å². The first kappa shape index (κ1) is 12.4. The SMILES string of the molecule is CC(c1ccc(F)cc1O)c1ccc(F)cc1O. The molecule has 2 aromatic rings. The number of phenols is 2. The minimum absolute atomic E-state index is 0.189. The Labute approximate surface area is 103 Å². The molecule has 4 heteroatoms. The zero-order valence-electron chi connectivity index (χ0n) is 9.69. The first-order valence-corrected chi connectivity index (χ1v) is 5.46. The first-order valence-electron chi connectivity index (χ1n) is 5.46. The molecule has 0 saturated heterocycles. The summed E-state index contributed by atoms with van der Waals surface area (Å²) in [4.78, 5) is 0. The third-order valence-corrected chi connectivity index (χ3v) is 2.92. The molecule has 18 heavy (non-hydrogen) atoms. The highest BCUT2D eigenvalue weighted by atomic mass is 19.1. The summed E-state index contributed by atoms with van der Waals surface area (Å²) in [5, 5.41) is 19.3. The Hall–Kier alpha value is -2.10. The summed E-state index contributed by atoms with van der Waals surface area (Å²) >= 11 is 0. The van der Waals surface area contributed by atoms with E-state index in [1.165, 1.54) is 24.3 Å². The van der Waals surface area contributed by atoms with Crippen LogP contribution in [0, 0.1) is 11.6 Å². The van der Waals surface area contributed by atoms with Crippen molar-refractivity contribution in [3.8, 4) is 11.5 Å². The van der Waals surface area contributed by atoms with E-state index in [4.69, 9.17) is 0 Å². The van der Waals surface area contributed by atoms with E-state index in [2.05, 4.69) is 0 Å². The molecule has 0 aromatic heterocycles. The Morgan fingerprint density at radius 2 is 1.22 bits per heavy atom. The molecule has 0 fully saturated rings. The van der Waals surface area contributed by atoms with Gasteiger partial charge in [-0.2, -0.15) is 0 Å². The molecule has 0 radical (unpaired) electrons. The van der Waals surface area contributed by atoms with Crippen molar-refractivity contribution in [2.45, 2.75) is 12.8 Å². The molecule has 2 nitrogen and oxygen atoms in total. The maximum atomic E-state index is 12.9. The lowest BCUT2D eigenvalue weighted by Crippen LogP contribution is -1.98. The van der Waals surface area contributed by atoms with Crippen LogP contribution in [0.5, 0.6) is 11.5 Å². The molecule has 0 bridgehead atoms. The van der Waals surface area contributed by atoms with E-state index in [-0.39, 0.29) is 17.4 Å². The zero-order valence-corrected chi connectivity index (χ0v) is 9.69. The van der Waals surface area contributed by atoms with Gasteiger partial charge in [-0.05, 0) is 12.1 Å². The third kappa shape index (κ3) is 2.27. The lowest BCUT2D eigenvalue weighted by Gasteiger charge is -2.15. The van der Waals surface area contributed by atoms with Crippen molar-refractivity contribution in [3.63, 3.8) is 0 Å². The number of hydrogen-bond donors (Lipinski definition) is 2. The molecule has 0 atom stereocenters. The second kappa shape index (κ2) is 4.64. The molecule has 0 aliphatic carbocycles. The van der Waals surface area contributed by atoms with Crippen LogP contribution < -0.4 is 0 Å². The van der Waals surface area contributed by atoms with Gasteiger partial charge in [0.2, 0.25) is 0 Å². The Morgan fingerprint density at radius 3 is 1.56 bits per heavy atom. The predicted molar refractivity (Wildman–Crippen MR) is 63.6 cm³/mol. The van der Waals surface area contributed by atoms with Gasteiger partial charge < -0.3 is 10.2 Å². The lowest BCUT2D eigenvalue weighted by atomic mass is 9.91. The lowest BCUT2D eigenvalue weighted by molar-refractivity contribution is 0.450. The second-order valence-electron chi connectivity index (χ2n) is 4.13. The maximum Gasteiger partial charge on any atom is 0.126 e. The van der Waals surface area contributed by atoms with E-state index >= 15 is 0 Å². The van der Waals surface area contributed by atoms with Gasteiger partial charge in [-0.1, -0.05) is 19.1 Å². The normalized spacial score (nSPS) is 10.9. The Balaban J connectivity index is 2.44. The van der Waals surface area contributed by atoms with Crippen LogP contribution in [0.2, 0.25) is 0 Å². The van der Waals surface area contributed by atoms with Crippen molar-refractivity contribution < 1.29 is 19.0 Å². The van der Waals surface area contributed by atoms with E-state index < -0.39 is 11.6 Å². The molecule has 2 N–H and O–H groups in total. The molecule has 0 unspecified atom stereocenters. The number of benzene rings is 2. The van der Waals surface area contributed by atoms with Crippen LogP contribution in [0.15, 0.2) is 36.4 Å². The smallest absolute Gasteiger partial charge is 0.126 e. The molecule has 0 spiro atoms. The van der Waals surface area contributed by atoms with Gasteiger partial charge >= 0.3 is 0 Å². The topological polar surface area (TPSA) is 40.5 Å². The minimum Gasteiger partial charge on any atom is -0.508 e. The zero-order chi connectivity index (χ0) is 13.3. The highest BCUT2D eigenvalue weighted by molar-refractivity contribution is 5.45. The van der Waals surface area contributed by atoms with Crippen LogP contribution in [0.3, 0.4) is 0 Å². The summed E-state index contributed by atoms with van der Waals surface area (Å²) in [6, 6.07) is 7.35. The van der Waals surface area contributed by atoms with Crippen LogP contribution >= 0.6 is 0 Å². The fraction of sp³-hybridized carbons (Fsp3) is 0.143. The summed E-state index contributed by atoms with van der Waals surface area (Å²) in [5.41, 5.74) is 0.941. The quantitative estimate of drug-likeness (QED) is 0.856. The van der Waals surface area contributed by atoms with Crippen LogP contribution in [0.4, 0.5) is 8.78 Å². The molecular formula is C14H12F2O2. The minimum atomic E-state index is -0.535. The van der Waals surface area contributed by atoms with Crippen molar-refractivity contribution in [2.75, 3.05) is 0 Å². The average molecular weight is 250 g/mol. The summed E-state index contributed by atoms with van der Waals surface area (Å²) in [6.45, 7) is 1.74. The maximum absolute atomic E-state index is 12.9. The molecule has 0 heterocycles. The van der Waals surface area contributed by atoms with Gasteiger partial charge in [-0.15, -0.1) is 0 Å². The molecule has 0 aliphatic heterocycles. The van der Waals surface area contributed by atoms with Gasteiger partial charge in [-0.25, -0.2) is 8.78 Å². The first-order chi connectivity index (χ1) is 8.49. The van der Waals surface area contributed by atoms with Crippen LogP contribution in [0.1, 0.15) is 24.0 Å². The molecule has 94 valence electrons. The molecule has 2 aromatic carbocycles. The summed E-state index contributed by atoms with van der Waals surface area (Å²) < 4.78 is 25.8. The summed E-state index contributed by atoms with van der Waals surface area (Å²) in [6.07, 6.45) is 0. The van der Waals surface area contributed by atoms with Crippen LogP contribution in [-0.4, -0.2) is 10.2 Å². The number of halogens is 2. The van der Waals surface area contributed by atoms with E-state index in [1.54, 1.807) is 6.92 Å². The Kier molecular flexibility index (Phi) is 3.19. The van der Waals surface area contributed by atoms with E-state index in [1.807, 2.05) is 0 Å². The third-order valence-electron chi connectivity index (χ3n) is 2.92. The summed E-state index contributed by atoms with van der Waals surface area (Å²) in [5.74, 6) is -1.82. The van der Waals surface area contributed by atoms with Gasteiger partial charge in [0.15, 0.2) is 0 Å². The largest absolute Gasteiger partial charge is 0.508 e. The van der Waals surface area contributed by atoms with Crippen molar-refractivity contribution >= 4 is 0 Å². The second-order valence-corrected chi connectivity index (χ2v) is 4.13. The number of phenolic OH excluding ortho intramolecular Hbond substituents is 2. The van der Waals surface area contributed by atoms with Gasteiger partial charge in [0, 0.05) is 29.2 Å². The van der Waals surface area contributed by atoms with E-state index in [0.29, 0.717) is 11.1 Å². The van der Waals surface area contributed by atoms with E-state index in [0.717, 1.165) is 12.1 Å². The van der Waals surface area contributed by atoms with Gasteiger partial charge in [0.05, 0.1) is 0 Å². The number of hydrogen-bond acceptors (Lipinski definition) is 2. The Morgan fingerprint density at radius 1 is 0.833 bits per heavy atom. The van der Waals surface area contributed by atoms with E-state index in [9.17, 15) is 19.0 Å². The molecule has 0 amide bonds. The monoisotopic (exact) mass is 250 g/mol. The molecule has 2 rings (SSSR count). The van der Waals surface area contributed by atoms with Crippen LogP contribution in [0.25, 0.3) is 0 Å². The standard InChI is InChI=1S/C14H12F2O2/c1-8(11-4-2-9(15)6-13(11)17)12-5-3-10(16)7-14(12)18/h2-8,17-18H,1H3. The molecular weight excluding hydrogens is 238 g/mol. The van der Waals surface area contributed by atoms with Crippen molar-refractivity contribution in [1.82, 2.24) is 0 Å². The number of rotatable bonds is 2.